The number of carbonyl (C=O) groups is 1. The molecular formula is C25H31ClN2O4. The molecule has 0 aromatic heterocycles. The van der Waals surface area contributed by atoms with Gasteiger partial charge in [-0.05, 0) is 48.2 Å². The van der Waals surface area contributed by atoms with Crippen LogP contribution < -0.4 is 10.1 Å². The predicted molar refractivity (Wildman–Crippen MR) is 124 cm³/mol. The molecule has 0 atom stereocenters. The fourth-order valence-electron chi connectivity index (χ4n) is 4.35. The molecule has 6 nitrogen and oxygen atoms in total. The molecule has 0 spiro atoms. The van der Waals surface area contributed by atoms with Crippen LogP contribution >= 0.6 is 11.6 Å². The Morgan fingerprint density at radius 3 is 2.50 bits per heavy atom. The van der Waals surface area contributed by atoms with Crippen molar-refractivity contribution in [2.75, 3.05) is 52.7 Å². The average molecular weight is 459 g/mol. The number of hydrogen-bond acceptors (Lipinski definition) is 5. The minimum atomic E-state index is -0.588. The van der Waals surface area contributed by atoms with E-state index < -0.39 is 5.41 Å². The second-order valence-electron chi connectivity index (χ2n) is 8.33. The van der Waals surface area contributed by atoms with Crippen LogP contribution in [0.2, 0.25) is 5.02 Å². The fraction of sp³-hybridized carbons (Fsp3) is 0.480. The van der Waals surface area contributed by atoms with Gasteiger partial charge in [0.2, 0.25) is 5.91 Å². The van der Waals surface area contributed by atoms with Gasteiger partial charge in [0.1, 0.15) is 12.4 Å². The van der Waals surface area contributed by atoms with Crippen LogP contribution in [0.4, 0.5) is 0 Å². The number of nitrogens with zero attached hydrogens (tertiary/aromatic N) is 1. The van der Waals surface area contributed by atoms with Gasteiger partial charge in [0.25, 0.3) is 0 Å². The lowest BCUT2D eigenvalue weighted by molar-refractivity contribution is -0.130. The molecule has 0 radical (unpaired) electrons. The van der Waals surface area contributed by atoms with Gasteiger partial charge in [-0.25, -0.2) is 0 Å². The second-order valence-corrected chi connectivity index (χ2v) is 8.77. The molecule has 1 amide bonds. The van der Waals surface area contributed by atoms with E-state index in [2.05, 4.69) is 10.2 Å². The Morgan fingerprint density at radius 2 is 1.75 bits per heavy atom. The molecule has 4 rings (SSSR count). The topological polar surface area (TPSA) is 60.0 Å². The summed E-state index contributed by atoms with van der Waals surface area (Å²) >= 11 is 6.07. The first kappa shape index (κ1) is 23.1. The summed E-state index contributed by atoms with van der Waals surface area (Å²) < 4.78 is 16.9. The van der Waals surface area contributed by atoms with Gasteiger partial charge in [-0.1, -0.05) is 35.9 Å². The van der Waals surface area contributed by atoms with Crippen molar-refractivity contribution in [2.24, 2.45) is 0 Å². The smallest absolute Gasteiger partial charge is 0.231 e. The van der Waals surface area contributed by atoms with Crippen molar-refractivity contribution in [1.82, 2.24) is 10.2 Å². The zero-order valence-electron chi connectivity index (χ0n) is 18.4. The number of amides is 1. The summed E-state index contributed by atoms with van der Waals surface area (Å²) in [4.78, 5) is 15.7. The highest BCUT2D eigenvalue weighted by atomic mass is 35.5. The highest BCUT2D eigenvalue weighted by Crippen LogP contribution is 2.36. The van der Waals surface area contributed by atoms with E-state index in [1.54, 1.807) is 0 Å². The van der Waals surface area contributed by atoms with Crippen molar-refractivity contribution in [3.63, 3.8) is 0 Å². The lowest BCUT2D eigenvalue weighted by Crippen LogP contribution is -2.47. The molecule has 32 heavy (non-hydrogen) atoms. The molecule has 0 bridgehead atoms. The first-order valence-corrected chi connectivity index (χ1v) is 11.7. The van der Waals surface area contributed by atoms with Crippen LogP contribution in [-0.2, 0) is 26.2 Å². The summed E-state index contributed by atoms with van der Waals surface area (Å²) in [6.07, 6.45) is 1.32. The summed E-state index contributed by atoms with van der Waals surface area (Å²) in [6.45, 7) is 6.61. The number of hydrogen-bond donors (Lipinski definition) is 1. The van der Waals surface area contributed by atoms with Crippen LogP contribution in [0.1, 0.15) is 24.0 Å². The predicted octanol–water partition coefficient (Wildman–Crippen LogP) is 3.42. The first-order chi connectivity index (χ1) is 15.7. The molecule has 172 valence electrons. The molecule has 2 aliphatic rings. The van der Waals surface area contributed by atoms with E-state index >= 15 is 0 Å². The van der Waals surface area contributed by atoms with E-state index in [1.165, 1.54) is 0 Å². The number of ether oxygens (including phenoxy) is 3. The molecule has 2 heterocycles. The zero-order chi connectivity index (χ0) is 22.2. The Labute approximate surface area is 194 Å². The van der Waals surface area contributed by atoms with Crippen molar-refractivity contribution >= 4 is 17.5 Å². The number of carbonyl (C=O) groups excluding carboxylic acids is 1. The molecule has 2 fully saturated rings. The molecule has 2 saturated heterocycles. The molecule has 2 aromatic carbocycles. The molecular weight excluding hydrogens is 428 g/mol. The van der Waals surface area contributed by atoms with Gasteiger partial charge in [-0.3, -0.25) is 9.69 Å². The maximum atomic E-state index is 13.4. The van der Waals surface area contributed by atoms with E-state index in [1.807, 2.05) is 48.5 Å². The molecule has 0 aliphatic carbocycles. The van der Waals surface area contributed by atoms with Crippen LogP contribution in [0.15, 0.2) is 48.5 Å². The molecule has 7 heteroatoms. The van der Waals surface area contributed by atoms with Crippen molar-refractivity contribution < 1.29 is 19.0 Å². The molecule has 2 aromatic rings. The van der Waals surface area contributed by atoms with Crippen LogP contribution in [0.3, 0.4) is 0 Å². The monoisotopic (exact) mass is 458 g/mol. The van der Waals surface area contributed by atoms with E-state index in [9.17, 15) is 4.79 Å². The minimum absolute atomic E-state index is 0.0294. The van der Waals surface area contributed by atoms with Gasteiger partial charge in [0.15, 0.2) is 0 Å². The Bertz CT molecular complexity index is 878. The third-order valence-electron chi connectivity index (χ3n) is 6.31. The Kier molecular flexibility index (Phi) is 8.03. The number of halogens is 1. The first-order valence-electron chi connectivity index (χ1n) is 11.3. The molecule has 0 unspecified atom stereocenters. The molecule has 0 saturated carbocycles. The number of nitrogens with one attached hydrogen (secondary N) is 1. The van der Waals surface area contributed by atoms with E-state index in [-0.39, 0.29) is 5.91 Å². The van der Waals surface area contributed by atoms with Crippen LogP contribution in [0.5, 0.6) is 5.75 Å². The Morgan fingerprint density at radius 1 is 1.03 bits per heavy atom. The highest BCUT2D eigenvalue weighted by molar-refractivity contribution is 6.30. The van der Waals surface area contributed by atoms with Crippen LogP contribution in [0, 0.1) is 0 Å². The van der Waals surface area contributed by atoms with E-state index in [4.69, 9.17) is 25.8 Å². The summed E-state index contributed by atoms with van der Waals surface area (Å²) in [5.41, 5.74) is 1.41. The lowest BCUT2D eigenvalue weighted by atomic mass is 9.73. The van der Waals surface area contributed by atoms with Gasteiger partial charge in [-0.2, -0.15) is 0 Å². The van der Waals surface area contributed by atoms with Gasteiger partial charge in [0.05, 0.1) is 18.6 Å². The summed E-state index contributed by atoms with van der Waals surface area (Å²) in [5, 5.41) is 3.82. The second kappa shape index (κ2) is 11.1. The largest absolute Gasteiger partial charge is 0.492 e. The standard InChI is InChI=1S/C25H31ClN2O4/c26-22-6-4-21(5-7-22)25(8-13-30-14-9-25)24(29)27-19-20-2-1-3-23(18-20)32-17-12-28-10-15-31-16-11-28/h1-7,18H,8-17,19H2,(H,27,29). The van der Waals surface area contributed by atoms with Crippen LogP contribution in [-0.4, -0.2) is 63.5 Å². The lowest BCUT2D eigenvalue weighted by Gasteiger charge is -2.36. The SMILES string of the molecule is O=C(NCc1cccc(OCCN2CCOCC2)c1)C1(c2ccc(Cl)cc2)CCOCC1. The zero-order valence-corrected chi connectivity index (χ0v) is 19.1. The third-order valence-corrected chi connectivity index (χ3v) is 6.56. The molecule has 1 N–H and O–H groups in total. The Balaban J connectivity index is 1.35. The average Bonchev–Trinajstić information content (AvgIpc) is 2.84. The van der Waals surface area contributed by atoms with E-state index in [0.717, 1.165) is 49.7 Å². The van der Waals surface area contributed by atoms with Crippen molar-refractivity contribution in [3.05, 3.63) is 64.7 Å². The van der Waals surface area contributed by atoms with Crippen molar-refractivity contribution in [3.8, 4) is 5.75 Å². The van der Waals surface area contributed by atoms with Gasteiger partial charge in [-0.15, -0.1) is 0 Å². The minimum Gasteiger partial charge on any atom is -0.492 e. The Hall–Kier alpha value is -2.12. The number of morpholine rings is 1. The van der Waals surface area contributed by atoms with Crippen LogP contribution in [0.25, 0.3) is 0 Å². The summed E-state index contributed by atoms with van der Waals surface area (Å²) in [6, 6.07) is 15.5. The highest BCUT2D eigenvalue weighted by Gasteiger charge is 2.41. The van der Waals surface area contributed by atoms with Gasteiger partial charge >= 0.3 is 0 Å². The van der Waals surface area contributed by atoms with Crippen molar-refractivity contribution in [2.45, 2.75) is 24.8 Å². The number of rotatable bonds is 8. The normalized spacial score (nSPS) is 18.8. The molecule has 2 aliphatic heterocycles. The fourth-order valence-corrected chi connectivity index (χ4v) is 4.48. The quantitative estimate of drug-likeness (QED) is 0.656. The maximum absolute atomic E-state index is 13.4. The van der Waals surface area contributed by atoms with Crippen molar-refractivity contribution in [1.29, 1.82) is 0 Å². The van der Waals surface area contributed by atoms with Gasteiger partial charge < -0.3 is 19.5 Å². The summed E-state index contributed by atoms with van der Waals surface area (Å²) in [7, 11) is 0. The third kappa shape index (κ3) is 5.81. The van der Waals surface area contributed by atoms with Gasteiger partial charge in [0, 0.05) is 44.4 Å². The maximum Gasteiger partial charge on any atom is 0.231 e. The van der Waals surface area contributed by atoms with E-state index in [0.29, 0.717) is 44.2 Å². The number of benzene rings is 2. The summed E-state index contributed by atoms with van der Waals surface area (Å²) in [5.74, 6) is 0.852.